The molecular weight excluding hydrogens is 218 g/mol. The topological polar surface area (TPSA) is 92.2 Å². The first-order chi connectivity index (χ1) is 7.14. The number of hydrogen-bond acceptors (Lipinski definition) is 5. The molecule has 0 unspecified atom stereocenters. The molecule has 0 aliphatic rings. The van der Waals surface area contributed by atoms with Crippen LogP contribution in [0.25, 0.3) is 0 Å². The van der Waals surface area contributed by atoms with Gasteiger partial charge in [0.2, 0.25) is 10.0 Å². The number of nitrogens with zero attached hydrogens (tertiary/aromatic N) is 2. The first-order valence-corrected chi connectivity index (χ1v) is 6.14. The van der Waals surface area contributed by atoms with Gasteiger partial charge in [0.1, 0.15) is 0 Å². The molecule has 0 amide bonds. The van der Waals surface area contributed by atoms with E-state index in [0.717, 1.165) is 0 Å². The molecule has 0 fully saturated rings. The SMILES string of the molecule is O=S(=O)(CCCO)NCc1cccnn1. The zero-order valence-corrected chi connectivity index (χ0v) is 8.94. The highest BCUT2D eigenvalue weighted by Crippen LogP contribution is 1.94. The largest absolute Gasteiger partial charge is 0.396 e. The van der Waals surface area contributed by atoms with E-state index in [1.54, 1.807) is 12.1 Å². The standard InChI is InChI=1S/C8H13N3O3S/c12-5-2-6-15(13,14)10-7-8-3-1-4-9-11-8/h1,3-4,10,12H,2,5-7H2. The highest BCUT2D eigenvalue weighted by atomic mass is 32.2. The van der Waals surface area contributed by atoms with Crippen LogP contribution in [0.3, 0.4) is 0 Å². The highest BCUT2D eigenvalue weighted by Gasteiger charge is 2.09. The molecule has 0 atom stereocenters. The van der Waals surface area contributed by atoms with Crippen molar-refractivity contribution in [3.05, 3.63) is 24.0 Å². The van der Waals surface area contributed by atoms with E-state index in [9.17, 15) is 8.42 Å². The van der Waals surface area contributed by atoms with Crippen LogP contribution in [0.5, 0.6) is 0 Å². The summed E-state index contributed by atoms with van der Waals surface area (Å²) < 4.78 is 25.0. The molecule has 7 heteroatoms. The molecule has 0 aromatic carbocycles. The zero-order chi connectivity index (χ0) is 11.1. The van der Waals surface area contributed by atoms with Gasteiger partial charge in [-0.25, -0.2) is 13.1 Å². The lowest BCUT2D eigenvalue weighted by atomic mass is 10.4. The lowest BCUT2D eigenvalue weighted by Gasteiger charge is -2.04. The second-order valence-corrected chi connectivity index (χ2v) is 4.86. The van der Waals surface area contributed by atoms with Crippen molar-refractivity contribution in [1.82, 2.24) is 14.9 Å². The molecule has 0 saturated carbocycles. The van der Waals surface area contributed by atoms with Crippen molar-refractivity contribution < 1.29 is 13.5 Å². The van der Waals surface area contributed by atoms with Gasteiger partial charge in [0.15, 0.2) is 0 Å². The van der Waals surface area contributed by atoms with Gasteiger partial charge < -0.3 is 5.11 Å². The van der Waals surface area contributed by atoms with Crippen molar-refractivity contribution in [3.63, 3.8) is 0 Å². The van der Waals surface area contributed by atoms with Gasteiger partial charge in [0, 0.05) is 12.8 Å². The van der Waals surface area contributed by atoms with Crippen molar-refractivity contribution in [2.75, 3.05) is 12.4 Å². The molecule has 0 aliphatic carbocycles. The molecule has 0 saturated heterocycles. The molecular formula is C8H13N3O3S. The Morgan fingerprint density at radius 2 is 2.27 bits per heavy atom. The molecule has 1 aromatic heterocycles. The van der Waals surface area contributed by atoms with Gasteiger partial charge >= 0.3 is 0 Å². The lowest BCUT2D eigenvalue weighted by Crippen LogP contribution is -2.26. The summed E-state index contributed by atoms with van der Waals surface area (Å²) in [7, 11) is -3.32. The summed E-state index contributed by atoms with van der Waals surface area (Å²) in [5.74, 6) is -0.0796. The number of aliphatic hydroxyl groups is 1. The van der Waals surface area contributed by atoms with E-state index in [-0.39, 0.29) is 25.3 Å². The first-order valence-electron chi connectivity index (χ1n) is 4.49. The molecule has 15 heavy (non-hydrogen) atoms. The third-order valence-corrected chi connectivity index (χ3v) is 3.08. The third-order valence-electron chi connectivity index (χ3n) is 1.67. The molecule has 1 aromatic rings. The predicted molar refractivity (Wildman–Crippen MR) is 54.4 cm³/mol. The Labute approximate surface area is 88.4 Å². The van der Waals surface area contributed by atoms with Crippen molar-refractivity contribution in [2.24, 2.45) is 0 Å². The summed E-state index contributed by atoms with van der Waals surface area (Å²) in [4.78, 5) is 0. The lowest BCUT2D eigenvalue weighted by molar-refractivity contribution is 0.295. The number of aliphatic hydroxyl groups excluding tert-OH is 1. The van der Waals surface area contributed by atoms with Crippen LogP contribution in [0.4, 0.5) is 0 Å². The van der Waals surface area contributed by atoms with Gasteiger partial charge in [-0.2, -0.15) is 10.2 Å². The maximum absolute atomic E-state index is 11.3. The van der Waals surface area contributed by atoms with Crippen molar-refractivity contribution in [2.45, 2.75) is 13.0 Å². The monoisotopic (exact) mass is 231 g/mol. The summed E-state index contributed by atoms with van der Waals surface area (Å²) in [6, 6.07) is 3.37. The second-order valence-electron chi connectivity index (χ2n) is 2.93. The van der Waals surface area contributed by atoms with E-state index in [1.807, 2.05) is 0 Å². The Morgan fingerprint density at radius 3 is 2.87 bits per heavy atom. The average molecular weight is 231 g/mol. The van der Waals surface area contributed by atoms with Crippen LogP contribution in [-0.4, -0.2) is 36.1 Å². The quantitative estimate of drug-likeness (QED) is 0.674. The van der Waals surface area contributed by atoms with Gasteiger partial charge in [-0.05, 0) is 18.6 Å². The Morgan fingerprint density at radius 1 is 1.47 bits per heavy atom. The number of hydrogen-bond donors (Lipinski definition) is 2. The van der Waals surface area contributed by atoms with Crippen LogP contribution in [-0.2, 0) is 16.6 Å². The Bertz CT molecular complexity index is 379. The van der Waals surface area contributed by atoms with Gasteiger partial charge in [-0.1, -0.05) is 0 Å². The molecule has 1 rings (SSSR count). The van der Waals surface area contributed by atoms with Crippen LogP contribution in [0.15, 0.2) is 18.3 Å². The van der Waals surface area contributed by atoms with E-state index in [4.69, 9.17) is 5.11 Å². The van der Waals surface area contributed by atoms with Gasteiger partial charge in [0.05, 0.1) is 18.0 Å². The third kappa shape index (κ3) is 4.82. The summed E-state index contributed by atoms with van der Waals surface area (Å²) in [5.41, 5.74) is 0.560. The smallest absolute Gasteiger partial charge is 0.212 e. The van der Waals surface area contributed by atoms with Crippen LogP contribution < -0.4 is 4.72 Å². The minimum Gasteiger partial charge on any atom is -0.396 e. The summed E-state index contributed by atoms with van der Waals surface area (Å²) in [6.07, 6.45) is 1.75. The average Bonchev–Trinajstić information content (AvgIpc) is 2.25. The molecule has 1 heterocycles. The fourth-order valence-corrected chi connectivity index (χ4v) is 1.96. The Balaban J connectivity index is 2.43. The molecule has 0 aliphatic heterocycles. The summed E-state index contributed by atoms with van der Waals surface area (Å²) in [5, 5.41) is 15.9. The zero-order valence-electron chi connectivity index (χ0n) is 8.13. The molecule has 0 bridgehead atoms. The molecule has 0 spiro atoms. The number of rotatable bonds is 6. The van der Waals surface area contributed by atoms with Crippen LogP contribution >= 0.6 is 0 Å². The minimum absolute atomic E-state index is 0.0796. The van der Waals surface area contributed by atoms with Crippen LogP contribution in [0.2, 0.25) is 0 Å². The van der Waals surface area contributed by atoms with E-state index < -0.39 is 10.0 Å². The van der Waals surface area contributed by atoms with E-state index in [1.165, 1.54) is 6.20 Å². The molecule has 6 nitrogen and oxygen atoms in total. The maximum atomic E-state index is 11.3. The van der Waals surface area contributed by atoms with Crippen molar-refractivity contribution in [1.29, 1.82) is 0 Å². The van der Waals surface area contributed by atoms with Crippen LogP contribution in [0, 0.1) is 0 Å². The maximum Gasteiger partial charge on any atom is 0.212 e. The number of aromatic nitrogens is 2. The van der Waals surface area contributed by atoms with Crippen molar-refractivity contribution >= 4 is 10.0 Å². The fourth-order valence-electron chi connectivity index (χ4n) is 0.938. The van der Waals surface area contributed by atoms with Gasteiger partial charge in [-0.15, -0.1) is 0 Å². The number of sulfonamides is 1. The molecule has 2 N–H and O–H groups in total. The minimum atomic E-state index is -3.32. The van der Waals surface area contributed by atoms with E-state index in [0.29, 0.717) is 5.69 Å². The van der Waals surface area contributed by atoms with Gasteiger partial charge in [-0.3, -0.25) is 0 Å². The predicted octanol–water partition coefficient (Wildman–Crippen LogP) is -0.722. The van der Waals surface area contributed by atoms with Gasteiger partial charge in [0.25, 0.3) is 0 Å². The molecule has 84 valence electrons. The Kier molecular flexibility index (Phi) is 4.60. The molecule has 0 radical (unpaired) electrons. The normalized spacial score (nSPS) is 11.5. The second kappa shape index (κ2) is 5.74. The summed E-state index contributed by atoms with van der Waals surface area (Å²) in [6.45, 7) is -0.00630. The first kappa shape index (κ1) is 12.0. The summed E-state index contributed by atoms with van der Waals surface area (Å²) >= 11 is 0. The fraction of sp³-hybridized carbons (Fsp3) is 0.500. The van der Waals surface area contributed by atoms with E-state index in [2.05, 4.69) is 14.9 Å². The Hall–Kier alpha value is -1.05. The number of nitrogens with one attached hydrogen (secondary N) is 1. The van der Waals surface area contributed by atoms with E-state index >= 15 is 0 Å². The van der Waals surface area contributed by atoms with Crippen molar-refractivity contribution in [3.8, 4) is 0 Å². The van der Waals surface area contributed by atoms with Crippen LogP contribution in [0.1, 0.15) is 12.1 Å². The highest BCUT2D eigenvalue weighted by molar-refractivity contribution is 7.89.